The maximum Gasteiger partial charge on any atom is 0.194 e. The molecular weight excluding hydrogens is 439 g/mol. The predicted octanol–water partition coefficient (Wildman–Crippen LogP) is 3.96. The third-order valence-electron chi connectivity index (χ3n) is 3.65. The lowest BCUT2D eigenvalue weighted by Crippen LogP contribution is -2.50. The molecule has 2 heterocycles. The monoisotopic (exact) mass is 468 g/mol. The minimum atomic E-state index is 0. The van der Waals surface area contributed by atoms with Crippen LogP contribution in [0.15, 0.2) is 10.4 Å². The first-order valence-corrected chi connectivity index (χ1v) is 9.62. The van der Waals surface area contributed by atoms with E-state index in [1.54, 1.807) is 11.3 Å². The van der Waals surface area contributed by atoms with E-state index in [4.69, 9.17) is 4.98 Å². The summed E-state index contributed by atoms with van der Waals surface area (Å²) in [5.74, 6) is 2.14. The Morgan fingerprint density at radius 2 is 2.13 bits per heavy atom. The Hall–Kier alpha value is -0.0200. The normalized spacial score (nSPS) is 18.5. The lowest BCUT2D eigenvalue weighted by atomic mass is 9.93. The summed E-state index contributed by atoms with van der Waals surface area (Å²) >= 11 is 3.76. The number of aliphatic imine (C=N–C) groups is 1. The first-order valence-electron chi connectivity index (χ1n) is 7.76. The topological polar surface area (TPSA) is 40.5 Å². The SMILES string of the molecule is CN=C(NCc1nc(C(C)(C)C)cs1)N1CCSC(C)(C)C1.I. The van der Waals surface area contributed by atoms with Crippen LogP contribution in [0, 0.1) is 0 Å². The second-order valence-corrected chi connectivity index (χ2v) is 10.1. The van der Waals surface area contributed by atoms with Crippen LogP contribution in [-0.2, 0) is 12.0 Å². The third kappa shape index (κ3) is 6.08. The molecule has 0 amide bonds. The standard InChI is InChI=1S/C16H28N4S2.HI/c1-15(2,3)12-10-21-13(19-12)9-18-14(17-6)20-7-8-22-16(4,5)11-20;/h10H,7-9,11H2,1-6H3,(H,17,18);1H. The van der Waals surface area contributed by atoms with Crippen molar-refractivity contribution in [2.75, 3.05) is 25.9 Å². The number of thiazole rings is 1. The molecule has 0 bridgehead atoms. The second-order valence-electron chi connectivity index (χ2n) is 7.31. The van der Waals surface area contributed by atoms with Crippen LogP contribution in [-0.4, -0.2) is 46.5 Å². The first kappa shape index (κ1) is 21.0. The maximum atomic E-state index is 4.74. The van der Waals surface area contributed by atoms with Crippen LogP contribution in [0.2, 0.25) is 0 Å². The van der Waals surface area contributed by atoms with Crippen molar-refractivity contribution in [1.82, 2.24) is 15.2 Å². The minimum Gasteiger partial charge on any atom is -0.350 e. The molecule has 1 saturated heterocycles. The van der Waals surface area contributed by atoms with Crippen LogP contribution in [0.3, 0.4) is 0 Å². The number of guanidine groups is 1. The number of aromatic nitrogens is 1. The van der Waals surface area contributed by atoms with E-state index in [0.717, 1.165) is 36.4 Å². The van der Waals surface area contributed by atoms with E-state index in [2.05, 4.69) is 55.2 Å². The number of nitrogens with one attached hydrogen (secondary N) is 1. The van der Waals surface area contributed by atoms with Crippen molar-refractivity contribution in [3.8, 4) is 0 Å². The zero-order valence-electron chi connectivity index (χ0n) is 15.0. The quantitative estimate of drug-likeness (QED) is 0.405. The average molecular weight is 468 g/mol. The summed E-state index contributed by atoms with van der Waals surface area (Å²) in [4.78, 5) is 11.5. The molecule has 1 fully saturated rings. The molecule has 0 aliphatic carbocycles. The second kappa shape index (κ2) is 8.38. The highest BCUT2D eigenvalue weighted by atomic mass is 127. The summed E-state index contributed by atoms with van der Waals surface area (Å²) in [6.45, 7) is 14.0. The Bertz CT molecular complexity index is 534. The number of thioether (sulfide) groups is 1. The van der Waals surface area contributed by atoms with Gasteiger partial charge in [-0.1, -0.05) is 20.8 Å². The molecule has 132 valence electrons. The van der Waals surface area contributed by atoms with Crippen molar-refractivity contribution in [1.29, 1.82) is 0 Å². The molecule has 1 aromatic rings. The molecule has 0 unspecified atom stereocenters. The summed E-state index contributed by atoms with van der Waals surface area (Å²) in [6, 6.07) is 0. The number of rotatable bonds is 2. The van der Waals surface area contributed by atoms with Crippen molar-refractivity contribution >= 4 is 53.0 Å². The zero-order valence-corrected chi connectivity index (χ0v) is 18.9. The molecular formula is C16H29IN4S2. The fraction of sp³-hybridized carbons (Fsp3) is 0.750. The molecule has 1 N–H and O–H groups in total. The van der Waals surface area contributed by atoms with Crippen LogP contribution in [0.5, 0.6) is 0 Å². The van der Waals surface area contributed by atoms with E-state index in [9.17, 15) is 0 Å². The van der Waals surface area contributed by atoms with Crippen molar-refractivity contribution < 1.29 is 0 Å². The lowest BCUT2D eigenvalue weighted by Gasteiger charge is -2.39. The molecule has 7 heteroatoms. The summed E-state index contributed by atoms with van der Waals surface area (Å²) in [5.41, 5.74) is 1.28. The van der Waals surface area contributed by atoms with Crippen LogP contribution in [0.1, 0.15) is 45.3 Å². The van der Waals surface area contributed by atoms with E-state index < -0.39 is 0 Å². The number of nitrogens with zero attached hydrogens (tertiary/aromatic N) is 3. The van der Waals surface area contributed by atoms with Gasteiger partial charge >= 0.3 is 0 Å². The van der Waals surface area contributed by atoms with Crippen LogP contribution >= 0.6 is 47.1 Å². The summed E-state index contributed by atoms with van der Waals surface area (Å²) in [7, 11) is 1.86. The average Bonchev–Trinajstić information content (AvgIpc) is 2.87. The number of halogens is 1. The van der Waals surface area contributed by atoms with Gasteiger partial charge in [-0.3, -0.25) is 4.99 Å². The van der Waals surface area contributed by atoms with Gasteiger partial charge in [0.2, 0.25) is 0 Å². The first-order chi connectivity index (χ1) is 10.2. The summed E-state index contributed by atoms with van der Waals surface area (Å²) in [6.07, 6.45) is 0. The molecule has 1 aliphatic rings. The van der Waals surface area contributed by atoms with Gasteiger partial charge < -0.3 is 10.2 Å². The van der Waals surface area contributed by atoms with E-state index in [1.807, 2.05) is 18.8 Å². The highest BCUT2D eigenvalue weighted by Crippen LogP contribution is 2.29. The summed E-state index contributed by atoms with van der Waals surface area (Å²) in [5, 5.41) is 6.76. The summed E-state index contributed by atoms with van der Waals surface area (Å²) < 4.78 is 0.288. The van der Waals surface area contributed by atoms with Crippen molar-refractivity contribution in [3.63, 3.8) is 0 Å². The predicted molar refractivity (Wildman–Crippen MR) is 115 cm³/mol. The van der Waals surface area contributed by atoms with Gasteiger partial charge in [-0.05, 0) is 13.8 Å². The van der Waals surface area contributed by atoms with E-state index in [-0.39, 0.29) is 34.1 Å². The van der Waals surface area contributed by atoms with Gasteiger partial charge in [-0.15, -0.1) is 35.3 Å². The van der Waals surface area contributed by atoms with Crippen molar-refractivity contribution in [2.45, 2.75) is 51.3 Å². The number of hydrogen-bond donors (Lipinski definition) is 1. The Morgan fingerprint density at radius 1 is 1.43 bits per heavy atom. The Kier molecular flexibility index (Phi) is 7.66. The molecule has 0 atom stereocenters. The molecule has 0 saturated carbocycles. The molecule has 0 spiro atoms. The van der Waals surface area contributed by atoms with Gasteiger partial charge in [0.15, 0.2) is 5.96 Å². The Morgan fingerprint density at radius 3 is 2.65 bits per heavy atom. The van der Waals surface area contributed by atoms with E-state index in [0.29, 0.717) is 0 Å². The van der Waals surface area contributed by atoms with Crippen LogP contribution in [0.25, 0.3) is 0 Å². The minimum absolute atomic E-state index is 0. The Labute approximate surface area is 166 Å². The van der Waals surface area contributed by atoms with Gasteiger partial charge in [0, 0.05) is 41.4 Å². The van der Waals surface area contributed by atoms with Crippen molar-refractivity contribution in [2.24, 2.45) is 4.99 Å². The molecule has 0 aromatic carbocycles. The van der Waals surface area contributed by atoms with E-state index in [1.165, 1.54) is 5.69 Å². The smallest absolute Gasteiger partial charge is 0.194 e. The maximum absolute atomic E-state index is 4.74. The highest BCUT2D eigenvalue weighted by Gasteiger charge is 2.28. The van der Waals surface area contributed by atoms with Crippen LogP contribution in [0.4, 0.5) is 0 Å². The van der Waals surface area contributed by atoms with Crippen LogP contribution < -0.4 is 5.32 Å². The largest absolute Gasteiger partial charge is 0.350 e. The Balaban J connectivity index is 0.00000264. The molecule has 1 aromatic heterocycles. The van der Waals surface area contributed by atoms with E-state index >= 15 is 0 Å². The zero-order chi connectivity index (χ0) is 16.4. The third-order valence-corrected chi connectivity index (χ3v) is 5.80. The van der Waals surface area contributed by atoms with Gasteiger partial charge in [0.1, 0.15) is 5.01 Å². The highest BCUT2D eigenvalue weighted by molar-refractivity contribution is 14.0. The fourth-order valence-electron chi connectivity index (χ4n) is 2.42. The number of hydrogen-bond acceptors (Lipinski definition) is 4. The van der Waals surface area contributed by atoms with Gasteiger partial charge in [0.05, 0.1) is 12.2 Å². The van der Waals surface area contributed by atoms with Gasteiger partial charge in [-0.25, -0.2) is 4.98 Å². The molecule has 1 aliphatic heterocycles. The fourth-order valence-corrected chi connectivity index (χ4v) is 4.49. The van der Waals surface area contributed by atoms with Gasteiger partial charge in [-0.2, -0.15) is 11.8 Å². The lowest BCUT2D eigenvalue weighted by molar-refractivity contribution is 0.375. The molecule has 23 heavy (non-hydrogen) atoms. The molecule has 2 rings (SSSR count). The van der Waals surface area contributed by atoms with Crippen molar-refractivity contribution in [3.05, 3.63) is 16.1 Å². The molecule has 4 nitrogen and oxygen atoms in total. The van der Waals surface area contributed by atoms with Gasteiger partial charge in [0.25, 0.3) is 0 Å². The molecule has 0 radical (unpaired) electrons.